The Bertz CT molecular complexity index is 736. The molecule has 2 heterocycles. The van der Waals surface area contributed by atoms with Crippen LogP contribution in [0.15, 0.2) is 35.3 Å². The lowest BCUT2D eigenvalue weighted by molar-refractivity contribution is 0.0697. The van der Waals surface area contributed by atoms with Gasteiger partial charge in [-0.3, -0.25) is 9.59 Å². The summed E-state index contributed by atoms with van der Waals surface area (Å²) in [6, 6.07) is 5.70. The van der Waals surface area contributed by atoms with Crippen molar-refractivity contribution in [3.8, 4) is 0 Å². The molecule has 0 aliphatic carbocycles. The van der Waals surface area contributed by atoms with Crippen molar-refractivity contribution in [3.63, 3.8) is 0 Å². The Morgan fingerprint density at radius 1 is 1.25 bits per heavy atom. The third-order valence-corrected chi connectivity index (χ3v) is 2.57. The molecule has 102 valence electrons. The van der Waals surface area contributed by atoms with Crippen molar-refractivity contribution in [2.45, 2.75) is 6.92 Å². The molecule has 0 bridgehead atoms. The number of carboxylic acids is 1. The van der Waals surface area contributed by atoms with Crippen LogP contribution in [-0.2, 0) is 0 Å². The molecule has 7 heteroatoms. The largest absolute Gasteiger partial charge is 0.478 e. The fourth-order valence-electron chi connectivity index (χ4n) is 1.60. The van der Waals surface area contributed by atoms with Crippen molar-refractivity contribution in [1.82, 2.24) is 9.97 Å². The molecule has 7 nitrogen and oxygen atoms in total. The fraction of sp³-hybridized carbons (Fsp3) is 0.0769. The summed E-state index contributed by atoms with van der Waals surface area (Å²) in [7, 11) is 0. The first-order valence-electron chi connectivity index (χ1n) is 5.68. The van der Waals surface area contributed by atoms with E-state index in [1.807, 2.05) is 0 Å². The summed E-state index contributed by atoms with van der Waals surface area (Å²) in [5, 5.41) is 11.3. The number of nitrogens with zero attached hydrogens (tertiary/aromatic N) is 1. The molecule has 3 N–H and O–H groups in total. The molecule has 2 aromatic rings. The Labute approximate surface area is 113 Å². The van der Waals surface area contributed by atoms with Crippen molar-refractivity contribution in [2.75, 3.05) is 5.32 Å². The van der Waals surface area contributed by atoms with Crippen LogP contribution in [0.25, 0.3) is 0 Å². The van der Waals surface area contributed by atoms with Crippen LogP contribution >= 0.6 is 0 Å². The minimum Gasteiger partial charge on any atom is -0.478 e. The number of amides is 1. The number of anilines is 1. The minimum absolute atomic E-state index is 0.107. The summed E-state index contributed by atoms with van der Waals surface area (Å²) in [6.07, 6.45) is 1.35. The Kier molecular flexibility index (Phi) is 3.60. The van der Waals surface area contributed by atoms with E-state index in [1.165, 1.54) is 24.4 Å². The molecular formula is C13H11N3O4. The van der Waals surface area contributed by atoms with Gasteiger partial charge in [-0.1, -0.05) is 0 Å². The van der Waals surface area contributed by atoms with Crippen LogP contribution in [-0.4, -0.2) is 27.0 Å². The summed E-state index contributed by atoms with van der Waals surface area (Å²) < 4.78 is 0. The maximum atomic E-state index is 12.0. The number of carbonyl (C=O) groups excluding carboxylic acids is 1. The number of aryl methyl sites for hydroxylation is 1. The van der Waals surface area contributed by atoms with Gasteiger partial charge in [-0.05, 0) is 31.2 Å². The topological polar surface area (TPSA) is 112 Å². The monoisotopic (exact) mass is 273 g/mol. The number of carboxylic acid groups (broad SMARTS) is 1. The lowest BCUT2D eigenvalue weighted by atomic mass is 10.2. The van der Waals surface area contributed by atoms with E-state index in [4.69, 9.17) is 5.11 Å². The van der Waals surface area contributed by atoms with Crippen LogP contribution in [0, 0.1) is 6.92 Å². The van der Waals surface area contributed by atoms with Gasteiger partial charge in [-0.15, -0.1) is 0 Å². The van der Waals surface area contributed by atoms with Crippen molar-refractivity contribution in [1.29, 1.82) is 0 Å². The zero-order chi connectivity index (χ0) is 14.7. The quantitative estimate of drug-likeness (QED) is 0.773. The van der Waals surface area contributed by atoms with E-state index in [0.717, 1.165) is 0 Å². The first-order valence-corrected chi connectivity index (χ1v) is 5.68. The number of aromatic amines is 1. The number of aromatic carboxylic acids is 1. The molecule has 0 aliphatic heterocycles. The smallest absolute Gasteiger partial charge is 0.339 e. The average Bonchev–Trinajstić information content (AvgIpc) is 2.38. The summed E-state index contributed by atoms with van der Waals surface area (Å²) in [6.45, 7) is 1.68. The number of hydrogen-bond donors (Lipinski definition) is 3. The fourth-order valence-corrected chi connectivity index (χ4v) is 1.60. The predicted octanol–water partition coefficient (Wildman–Crippen LogP) is 1.03. The van der Waals surface area contributed by atoms with E-state index in [0.29, 0.717) is 5.69 Å². The van der Waals surface area contributed by atoms with E-state index in [9.17, 15) is 14.4 Å². The third kappa shape index (κ3) is 2.72. The lowest BCUT2D eigenvalue weighted by Crippen LogP contribution is -2.24. The molecule has 0 aliphatic rings. The van der Waals surface area contributed by atoms with Gasteiger partial charge >= 0.3 is 5.97 Å². The van der Waals surface area contributed by atoms with Gasteiger partial charge in [0.15, 0.2) is 0 Å². The number of nitrogens with one attached hydrogen (secondary N) is 2. The van der Waals surface area contributed by atoms with Crippen LogP contribution in [0.4, 0.5) is 5.82 Å². The van der Waals surface area contributed by atoms with Crippen molar-refractivity contribution in [2.24, 2.45) is 0 Å². The molecule has 0 spiro atoms. The van der Waals surface area contributed by atoms with Crippen LogP contribution in [0.2, 0.25) is 0 Å². The van der Waals surface area contributed by atoms with E-state index < -0.39 is 17.4 Å². The molecular weight excluding hydrogens is 262 g/mol. The van der Waals surface area contributed by atoms with Gasteiger partial charge < -0.3 is 15.4 Å². The molecule has 0 radical (unpaired) electrons. The molecule has 0 unspecified atom stereocenters. The molecule has 0 fully saturated rings. The molecule has 0 saturated heterocycles. The summed E-state index contributed by atoms with van der Waals surface area (Å²) >= 11 is 0. The second-order valence-electron chi connectivity index (χ2n) is 4.04. The second kappa shape index (κ2) is 5.35. The highest BCUT2D eigenvalue weighted by Crippen LogP contribution is 2.12. The normalized spacial score (nSPS) is 10.1. The Morgan fingerprint density at radius 3 is 2.65 bits per heavy atom. The Hall–Kier alpha value is -2.96. The van der Waals surface area contributed by atoms with E-state index in [2.05, 4.69) is 15.3 Å². The molecule has 0 atom stereocenters. The number of pyridine rings is 2. The maximum Gasteiger partial charge on any atom is 0.339 e. The second-order valence-corrected chi connectivity index (χ2v) is 4.04. The van der Waals surface area contributed by atoms with E-state index >= 15 is 0 Å². The van der Waals surface area contributed by atoms with Gasteiger partial charge in [-0.25, -0.2) is 9.78 Å². The number of hydrogen-bond acceptors (Lipinski definition) is 4. The Balaban J connectivity index is 2.33. The number of H-pyrrole nitrogens is 1. The van der Waals surface area contributed by atoms with Gasteiger partial charge in [0.1, 0.15) is 16.9 Å². The van der Waals surface area contributed by atoms with Gasteiger partial charge in [0, 0.05) is 11.9 Å². The summed E-state index contributed by atoms with van der Waals surface area (Å²) in [5.41, 5.74) is -0.187. The van der Waals surface area contributed by atoms with E-state index in [1.54, 1.807) is 13.0 Å². The zero-order valence-corrected chi connectivity index (χ0v) is 10.5. The van der Waals surface area contributed by atoms with Gasteiger partial charge in [-0.2, -0.15) is 0 Å². The molecule has 20 heavy (non-hydrogen) atoms. The standard InChI is InChI=1S/C13H11N3O4/c1-7-4-5-9(11(17)15-7)12(18)16-10-8(13(19)20)3-2-6-14-10/h2-6H,1H3,(H,15,17)(H,19,20)(H,14,16,18). The highest BCUT2D eigenvalue weighted by molar-refractivity contribution is 6.06. The van der Waals surface area contributed by atoms with Crippen LogP contribution in [0.1, 0.15) is 26.4 Å². The number of rotatable bonds is 3. The van der Waals surface area contributed by atoms with Crippen LogP contribution in [0.5, 0.6) is 0 Å². The molecule has 2 rings (SSSR count). The van der Waals surface area contributed by atoms with Crippen molar-refractivity contribution < 1.29 is 14.7 Å². The minimum atomic E-state index is -1.22. The van der Waals surface area contributed by atoms with Crippen LogP contribution < -0.4 is 10.9 Å². The van der Waals surface area contributed by atoms with Crippen molar-refractivity contribution in [3.05, 3.63) is 57.6 Å². The summed E-state index contributed by atoms with van der Waals surface area (Å²) in [5.74, 6) is -2.04. The van der Waals surface area contributed by atoms with E-state index in [-0.39, 0.29) is 16.9 Å². The highest BCUT2D eigenvalue weighted by atomic mass is 16.4. The van der Waals surface area contributed by atoms with Gasteiger partial charge in [0.05, 0.1) is 0 Å². The number of aromatic nitrogens is 2. The average molecular weight is 273 g/mol. The predicted molar refractivity (Wildman–Crippen MR) is 70.9 cm³/mol. The zero-order valence-electron chi connectivity index (χ0n) is 10.5. The highest BCUT2D eigenvalue weighted by Gasteiger charge is 2.16. The molecule has 2 aromatic heterocycles. The van der Waals surface area contributed by atoms with Gasteiger partial charge in [0.2, 0.25) is 0 Å². The first-order chi connectivity index (χ1) is 9.49. The SMILES string of the molecule is Cc1ccc(C(=O)Nc2ncccc2C(=O)O)c(=O)[nH]1. The third-order valence-electron chi connectivity index (χ3n) is 2.57. The lowest BCUT2D eigenvalue weighted by Gasteiger charge is -2.06. The maximum absolute atomic E-state index is 12.0. The molecule has 0 aromatic carbocycles. The first kappa shape index (κ1) is 13.5. The van der Waals surface area contributed by atoms with Gasteiger partial charge in [0.25, 0.3) is 11.5 Å². The Morgan fingerprint density at radius 2 is 2.00 bits per heavy atom. The molecule has 1 amide bonds. The number of carbonyl (C=O) groups is 2. The molecule has 0 saturated carbocycles. The van der Waals surface area contributed by atoms with Crippen molar-refractivity contribution >= 4 is 17.7 Å². The summed E-state index contributed by atoms with van der Waals surface area (Å²) in [4.78, 5) is 40.9. The van der Waals surface area contributed by atoms with Crippen LogP contribution in [0.3, 0.4) is 0 Å².